The van der Waals surface area contributed by atoms with Crippen molar-refractivity contribution in [3.63, 3.8) is 0 Å². The van der Waals surface area contributed by atoms with Crippen LogP contribution in [0.3, 0.4) is 0 Å². The summed E-state index contributed by atoms with van der Waals surface area (Å²) in [6.45, 7) is 0. The van der Waals surface area contributed by atoms with Crippen molar-refractivity contribution >= 4 is 37.7 Å². The maximum atomic E-state index is 12.5. The Hall–Kier alpha value is -2.98. The Morgan fingerprint density at radius 2 is 1.64 bits per heavy atom. The lowest BCUT2D eigenvalue weighted by molar-refractivity contribution is 0.280. The summed E-state index contributed by atoms with van der Waals surface area (Å²) in [6, 6.07) is 14.5. The molecule has 1 heterocycles. The van der Waals surface area contributed by atoms with Crippen molar-refractivity contribution in [3.05, 3.63) is 76.4 Å². The molecule has 0 aliphatic heterocycles. The van der Waals surface area contributed by atoms with Crippen molar-refractivity contribution in [3.8, 4) is 5.75 Å². The van der Waals surface area contributed by atoms with Crippen LogP contribution in [0.4, 0.5) is 5.69 Å². The topological polar surface area (TPSA) is 111 Å². The molecule has 3 aromatic rings. The maximum Gasteiger partial charge on any atom is 0.265 e. The highest BCUT2D eigenvalue weighted by Gasteiger charge is 2.20. The first-order valence-corrected chi connectivity index (χ1v) is 10.2. The SMILES string of the molecule is O=NC(C=Nc1ccc(S(=O)(=O)c2ncc(Br)cn2)cc1)Oc1ccccc1. The van der Waals surface area contributed by atoms with E-state index in [1.165, 1.54) is 42.9 Å². The smallest absolute Gasteiger partial charge is 0.265 e. The zero-order chi connectivity index (χ0) is 20.0. The Balaban J connectivity index is 1.74. The Labute approximate surface area is 169 Å². The number of nitroso groups, excluding NO2 is 1. The minimum Gasteiger partial charge on any atom is -0.460 e. The standard InChI is InChI=1S/C18H13BrN4O4S/c19-13-10-21-18(22-11-13)28(25,26)16-8-6-14(7-9-16)20-12-17(23-24)27-15-4-2-1-3-5-15/h1-12,17H. The summed E-state index contributed by atoms with van der Waals surface area (Å²) in [6.07, 6.45) is 2.85. The van der Waals surface area contributed by atoms with Gasteiger partial charge in [0, 0.05) is 12.4 Å². The number of sulfone groups is 1. The number of halogens is 1. The van der Waals surface area contributed by atoms with Gasteiger partial charge in [-0.1, -0.05) is 18.2 Å². The van der Waals surface area contributed by atoms with Crippen LogP contribution in [0.2, 0.25) is 0 Å². The first kappa shape index (κ1) is 19.8. The average Bonchev–Trinajstić information content (AvgIpc) is 2.72. The van der Waals surface area contributed by atoms with Crippen molar-refractivity contribution in [2.75, 3.05) is 0 Å². The van der Waals surface area contributed by atoms with Gasteiger partial charge in [-0.05, 0) is 57.5 Å². The van der Waals surface area contributed by atoms with Gasteiger partial charge in [-0.25, -0.2) is 18.4 Å². The lowest BCUT2D eigenvalue weighted by Crippen LogP contribution is -2.14. The predicted molar refractivity (Wildman–Crippen MR) is 106 cm³/mol. The van der Waals surface area contributed by atoms with Crippen LogP contribution in [-0.2, 0) is 9.84 Å². The summed E-state index contributed by atoms with van der Waals surface area (Å²) in [4.78, 5) is 22.7. The molecule has 0 saturated heterocycles. The van der Waals surface area contributed by atoms with Gasteiger partial charge >= 0.3 is 0 Å². The van der Waals surface area contributed by atoms with Crippen LogP contribution in [0.5, 0.6) is 5.75 Å². The summed E-state index contributed by atoms with van der Waals surface area (Å²) in [5.74, 6) is 0.481. The van der Waals surface area contributed by atoms with E-state index in [9.17, 15) is 13.3 Å². The number of nitrogens with zero attached hydrogens (tertiary/aromatic N) is 4. The molecule has 0 fully saturated rings. The molecule has 0 aliphatic carbocycles. The van der Waals surface area contributed by atoms with Crippen LogP contribution in [0.15, 0.2) is 91.7 Å². The fourth-order valence-electron chi connectivity index (χ4n) is 2.12. The summed E-state index contributed by atoms with van der Waals surface area (Å²) in [5, 5.41) is 2.57. The van der Waals surface area contributed by atoms with Crippen LogP contribution in [0, 0.1) is 4.91 Å². The van der Waals surface area contributed by atoms with Crippen LogP contribution < -0.4 is 4.74 Å². The van der Waals surface area contributed by atoms with Gasteiger partial charge in [-0.2, -0.15) is 0 Å². The van der Waals surface area contributed by atoms with Crippen molar-refractivity contribution in [2.45, 2.75) is 16.3 Å². The predicted octanol–water partition coefficient (Wildman–Crippen LogP) is 3.95. The fraction of sp³-hybridized carbons (Fsp3) is 0.0556. The van der Waals surface area contributed by atoms with Crippen molar-refractivity contribution in [2.24, 2.45) is 10.2 Å². The van der Waals surface area contributed by atoms with Gasteiger partial charge in [-0.15, -0.1) is 4.91 Å². The molecule has 0 saturated carbocycles. The molecule has 2 aromatic carbocycles. The third kappa shape index (κ3) is 4.84. The molecular weight excluding hydrogens is 448 g/mol. The van der Waals surface area contributed by atoms with Gasteiger partial charge in [0.1, 0.15) is 5.75 Å². The fourth-order valence-corrected chi connectivity index (χ4v) is 3.42. The first-order valence-electron chi connectivity index (χ1n) is 7.90. The molecule has 142 valence electrons. The molecule has 10 heteroatoms. The third-order valence-electron chi connectivity index (χ3n) is 3.44. The molecule has 0 N–H and O–H groups in total. The van der Waals surface area contributed by atoms with E-state index in [4.69, 9.17) is 4.74 Å². The molecule has 1 aromatic heterocycles. The van der Waals surface area contributed by atoms with Crippen molar-refractivity contribution in [1.29, 1.82) is 0 Å². The van der Waals surface area contributed by atoms with Gasteiger partial charge in [-0.3, -0.25) is 4.99 Å². The van der Waals surface area contributed by atoms with E-state index in [0.717, 1.165) is 0 Å². The number of para-hydroxylation sites is 1. The van der Waals surface area contributed by atoms with E-state index in [-0.39, 0.29) is 10.1 Å². The zero-order valence-corrected chi connectivity index (χ0v) is 16.6. The number of hydrogen-bond acceptors (Lipinski definition) is 8. The second-order valence-corrected chi connectivity index (χ2v) is 8.15. The highest BCUT2D eigenvalue weighted by atomic mass is 79.9. The largest absolute Gasteiger partial charge is 0.460 e. The van der Waals surface area contributed by atoms with Gasteiger partial charge in [0.25, 0.3) is 11.4 Å². The van der Waals surface area contributed by atoms with Crippen molar-refractivity contribution in [1.82, 2.24) is 9.97 Å². The highest BCUT2D eigenvalue weighted by Crippen LogP contribution is 2.21. The molecule has 0 bridgehead atoms. The molecule has 1 atom stereocenters. The molecule has 1 unspecified atom stereocenters. The number of benzene rings is 2. The molecule has 8 nitrogen and oxygen atoms in total. The number of aromatic nitrogens is 2. The van der Waals surface area contributed by atoms with E-state index < -0.39 is 16.1 Å². The van der Waals surface area contributed by atoms with Crippen LogP contribution >= 0.6 is 15.9 Å². The Bertz CT molecular complexity index is 1070. The summed E-state index contributed by atoms with van der Waals surface area (Å²) in [7, 11) is -3.84. The zero-order valence-electron chi connectivity index (χ0n) is 14.2. The van der Waals surface area contributed by atoms with E-state index in [2.05, 4.69) is 36.1 Å². The van der Waals surface area contributed by atoms with Gasteiger partial charge in [0.15, 0.2) is 0 Å². The second kappa shape index (κ2) is 8.81. The molecular formula is C18H13BrN4O4S. The van der Waals surface area contributed by atoms with E-state index in [1.807, 2.05) is 6.07 Å². The van der Waals surface area contributed by atoms with E-state index >= 15 is 0 Å². The second-order valence-electron chi connectivity index (χ2n) is 5.39. The van der Waals surface area contributed by atoms with Gasteiger partial charge in [0.2, 0.25) is 9.84 Å². The number of ether oxygens (including phenoxy) is 1. The quantitative estimate of drug-likeness (QED) is 0.299. The van der Waals surface area contributed by atoms with Crippen molar-refractivity contribution < 1.29 is 13.2 Å². The minimum atomic E-state index is -3.84. The van der Waals surface area contributed by atoms with E-state index in [1.54, 1.807) is 24.3 Å². The van der Waals surface area contributed by atoms with Gasteiger partial charge in [0.05, 0.1) is 21.3 Å². The Morgan fingerprint density at radius 1 is 1.00 bits per heavy atom. The van der Waals surface area contributed by atoms with E-state index in [0.29, 0.717) is 15.9 Å². The molecule has 0 amide bonds. The van der Waals surface area contributed by atoms with Gasteiger partial charge < -0.3 is 4.74 Å². The lowest BCUT2D eigenvalue weighted by atomic mass is 10.3. The molecule has 0 aliphatic rings. The molecule has 0 spiro atoms. The van der Waals surface area contributed by atoms with Crippen LogP contribution in [0.1, 0.15) is 0 Å². The summed E-state index contributed by atoms with van der Waals surface area (Å²) < 4.78 is 31.0. The molecule has 28 heavy (non-hydrogen) atoms. The van der Waals surface area contributed by atoms with Crippen LogP contribution in [0.25, 0.3) is 0 Å². The maximum absolute atomic E-state index is 12.5. The number of rotatable bonds is 7. The average molecular weight is 461 g/mol. The Morgan fingerprint density at radius 3 is 2.25 bits per heavy atom. The summed E-state index contributed by atoms with van der Waals surface area (Å²) in [5.41, 5.74) is 0.431. The lowest BCUT2D eigenvalue weighted by Gasteiger charge is -2.07. The summed E-state index contributed by atoms with van der Waals surface area (Å²) >= 11 is 3.16. The highest BCUT2D eigenvalue weighted by molar-refractivity contribution is 9.10. The monoisotopic (exact) mass is 460 g/mol. The number of aliphatic imine (C=N–C) groups is 1. The third-order valence-corrected chi connectivity index (χ3v) is 5.43. The minimum absolute atomic E-state index is 0.0272. The number of hydrogen-bond donors (Lipinski definition) is 0. The molecule has 0 radical (unpaired) electrons. The van der Waals surface area contributed by atoms with Crippen LogP contribution in [-0.4, -0.2) is 30.8 Å². The Kier molecular flexibility index (Phi) is 6.22. The molecule has 3 rings (SSSR count). The normalized spacial score (nSPS) is 12.6. The first-order chi connectivity index (χ1) is 13.5.